The van der Waals surface area contributed by atoms with Gasteiger partial charge in [0.25, 0.3) is 0 Å². The highest BCUT2D eigenvalue weighted by molar-refractivity contribution is 9.28. The number of ether oxygens (including phenoxy) is 3. The van der Waals surface area contributed by atoms with Crippen LogP contribution in [0.4, 0.5) is 13.2 Å². The van der Waals surface area contributed by atoms with Crippen LogP contribution in [-0.2, 0) is 6.18 Å². The molecule has 0 radical (unpaired) electrons. The van der Waals surface area contributed by atoms with Gasteiger partial charge >= 0.3 is 6.18 Å². The summed E-state index contributed by atoms with van der Waals surface area (Å²) in [6, 6.07) is 10.3. The van der Waals surface area contributed by atoms with Crippen molar-refractivity contribution in [2.24, 2.45) is 0 Å². The molecule has 2 aromatic carbocycles. The summed E-state index contributed by atoms with van der Waals surface area (Å²) in [6.45, 7) is 2.30. The van der Waals surface area contributed by atoms with Crippen LogP contribution in [0.25, 0.3) is 0 Å². The Kier molecular flexibility index (Phi) is 7.40. The van der Waals surface area contributed by atoms with Gasteiger partial charge in [-0.1, -0.05) is 6.07 Å². The number of rotatable bonds is 7. The Morgan fingerprint density at radius 2 is 1.69 bits per heavy atom. The van der Waals surface area contributed by atoms with Crippen molar-refractivity contribution in [2.75, 3.05) is 13.2 Å². The SMILES string of the molecule is CCOc1cccc(Oc2ccc(OCC=C(Br)Br)c(C(F)(F)F)c2)c1. The molecule has 0 amide bonds. The van der Waals surface area contributed by atoms with Crippen LogP contribution in [0.5, 0.6) is 23.0 Å². The van der Waals surface area contributed by atoms with Gasteiger partial charge in [0.15, 0.2) is 0 Å². The van der Waals surface area contributed by atoms with E-state index in [-0.39, 0.29) is 18.1 Å². The van der Waals surface area contributed by atoms with Crippen molar-refractivity contribution in [3.8, 4) is 23.0 Å². The molecule has 0 N–H and O–H groups in total. The van der Waals surface area contributed by atoms with Crippen molar-refractivity contribution >= 4 is 31.9 Å². The Bertz CT molecular complexity index is 773. The van der Waals surface area contributed by atoms with E-state index in [1.54, 1.807) is 30.3 Å². The zero-order chi connectivity index (χ0) is 19.2. The lowest BCUT2D eigenvalue weighted by Gasteiger charge is -2.15. The highest BCUT2D eigenvalue weighted by Gasteiger charge is 2.35. The first-order chi connectivity index (χ1) is 12.3. The van der Waals surface area contributed by atoms with Gasteiger partial charge in [-0.3, -0.25) is 0 Å². The summed E-state index contributed by atoms with van der Waals surface area (Å²) in [5, 5.41) is 0. The molecule has 0 saturated carbocycles. The van der Waals surface area contributed by atoms with Gasteiger partial charge in [0.1, 0.15) is 35.2 Å². The van der Waals surface area contributed by atoms with Gasteiger partial charge in [-0.05, 0) is 75.2 Å². The zero-order valence-electron chi connectivity index (χ0n) is 13.6. The molecule has 0 aromatic heterocycles. The van der Waals surface area contributed by atoms with Gasteiger partial charge in [0, 0.05) is 6.07 Å². The summed E-state index contributed by atoms with van der Waals surface area (Å²) >= 11 is 6.23. The highest BCUT2D eigenvalue weighted by Crippen LogP contribution is 2.39. The molecule has 0 unspecified atom stereocenters. The molecule has 0 aliphatic heterocycles. The van der Waals surface area contributed by atoms with E-state index < -0.39 is 11.7 Å². The van der Waals surface area contributed by atoms with E-state index in [9.17, 15) is 13.2 Å². The lowest BCUT2D eigenvalue weighted by molar-refractivity contribution is -0.138. The summed E-state index contributed by atoms with van der Waals surface area (Å²) in [5.41, 5.74) is -0.907. The van der Waals surface area contributed by atoms with Crippen LogP contribution in [0, 0.1) is 0 Å². The molecule has 0 saturated heterocycles. The summed E-state index contributed by atoms with van der Waals surface area (Å²) in [7, 11) is 0. The van der Waals surface area contributed by atoms with Crippen molar-refractivity contribution in [3.05, 3.63) is 57.5 Å². The lowest BCUT2D eigenvalue weighted by Crippen LogP contribution is -2.09. The molecule has 2 rings (SSSR count). The molecule has 0 spiro atoms. The summed E-state index contributed by atoms with van der Waals surface area (Å²) in [4.78, 5) is 0. The monoisotopic (exact) mass is 494 g/mol. The molecule has 0 fully saturated rings. The van der Waals surface area contributed by atoms with Gasteiger partial charge in [-0.25, -0.2) is 0 Å². The highest BCUT2D eigenvalue weighted by atomic mass is 79.9. The third-order valence-electron chi connectivity index (χ3n) is 3.09. The standard InChI is InChI=1S/C18H15Br2F3O3/c1-2-24-12-4-3-5-13(10-12)26-14-6-7-16(25-9-8-17(19)20)15(11-14)18(21,22)23/h3-8,10-11H,2,9H2,1H3. The van der Waals surface area contributed by atoms with Gasteiger partial charge in [-0.2, -0.15) is 13.2 Å². The average Bonchev–Trinajstić information content (AvgIpc) is 2.55. The summed E-state index contributed by atoms with van der Waals surface area (Å²) in [6.07, 6.45) is -3.03. The minimum absolute atomic E-state index is 0.0223. The molecule has 0 bridgehead atoms. The van der Waals surface area contributed by atoms with Crippen LogP contribution in [0.15, 0.2) is 51.9 Å². The van der Waals surface area contributed by atoms with Gasteiger partial charge in [-0.15, -0.1) is 0 Å². The van der Waals surface area contributed by atoms with Crippen LogP contribution in [0.1, 0.15) is 12.5 Å². The quantitative estimate of drug-likeness (QED) is 0.417. The topological polar surface area (TPSA) is 27.7 Å². The second kappa shape index (κ2) is 9.32. The predicted octanol–water partition coefficient (Wildman–Crippen LogP) is 6.91. The lowest BCUT2D eigenvalue weighted by atomic mass is 10.2. The summed E-state index contributed by atoms with van der Waals surface area (Å²) in [5.74, 6) is 0.734. The van der Waals surface area contributed by atoms with Gasteiger partial charge in [0.05, 0.1) is 10.00 Å². The molecule has 0 aliphatic rings. The van der Waals surface area contributed by atoms with Gasteiger partial charge < -0.3 is 14.2 Å². The van der Waals surface area contributed by atoms with Crippen molar-refractivity contribution in [1.82, 2.24) is 0 Å². The van der Waals surface area contributed by atoms with E-state index in [1.807, 2.05) is 6.92 Å². The number of benzene rings is 2. The fraction of sp³-hybridized carbons (Fsp3) is 0.222. The number of hydrogen-bond acceptors (Lipinski definition) is 3. The van der Waals surface area contributed by atoms with E-state index >= 15 is 0 Å². The Hall–Kier alpha value is -1.67. The number of hydrogen-bond donors (Lipinski definition) is 0. The molecule has 0 heterocycles. The van der Waals surface area contributed by atoms with E-state index in [2.05, 4.69) is 31.9 Å². The third kappa shape index (κ3) is 6.25. The minimum atomic E-state index is -4.57. The second-order valence-corrected chi connectivity index (χ2v) is 7.74. The normalized spacial score (nSPS) is 11.0. The molecule has 26 heavy (non-hydrogen) atoms. The van der Waals surface area contributed by atoms with Crippen molar-refractivity contribution < 1.29 is 27.4 Å². The molecular formula is C18H15Br2F3O3. The van der Waals surface area contributed by atoms with E-state index in [0.717, 1.165) is 6.07 Å². The molecule has 8 heteroatoms. The first-order valence-electron chi connectivity index (χ1n) is 7.55. The Labute approximate surface area is 166 Å². The Morgan fingerprint density at radius 3 is 2.35 bits per heavy atom. The fourth-order valence-electron chi connectivity index (χ4n) is 2.04. The molecule has 0 atom stereocenters. The molecule has 140 valence electrons. The van der Waals surface area contributed by atoms with Crippen LogP contribution < -0.4 is 14.2 Å². The second-order valence-electron chi connectivity index (χ2n) is 4.97. The van der Waals surface area contributed by atoms with Crippen molar-refractivity contribution in [1.29, 1.82) is 0 Å². The molecular weight excluding hydrogens is 481 g/mol. The predicted molar refractivity (Wildman–Crippen MR) is 101 cm³/mol. The summed E-state index contributed by atoms with van der Waals surface area (Å²) < 4.78 is 56.7. The van der Waals surface area contributed by atoms with Crippen LogP contribution in [0.3, 0.4) is 0 Å². The van der Waals surface area contributed by atoms with Crippen molar-refractivity contribution in [2.45, 2.75) is 13.1 Å². The maximum Gasteiger partial charge on any atom is 0.420 e. The van der Waals surface area contributed by atoms with E-state index in [1.165, 1.54) is 12.1 Å². The maximum absolute atomic E-state index is 13.3. The molecule has 2 aromatic rings. The first kappa shape index (κ1) is 20.6. The van der Waals surface area contributed by atoms with Crippen molar-refractivity contribution in [3.63, 3.8) is 0 Å². The molecule has 0 aliphatic carbocycles. The number of alkyl halides is 3. The number of halogens is 5. The maximum atomic E-state index is 13.3. The first-order valence-corrected chi connectivity index (χ1v) is 9.14. The van der Waals surface area contributed by atoms with E-state index in [0.29, 0.717) is 21.5 Å². The zero-order valence-corrected chi connectivity index (χ0v) is 16.8. The van der Waals surface area contributed by atoms with Crippen LogP contribution >= 0.6 is 31.9 Å². The van der Waals surface area contributed by atoms with E-state index in [4.69, 9.17) is 14.2 Å². The minimum Gasteiger partial charge on any atom is -0.494 e. The third-order valence-corrected chi connectivity index (χ3v) is 3.73. The fourth-order valence-corrected chi connectivity index (χ4v) is 2.31. The van der Waals surface area contributed by atoms with Gasteiger partial charge in [0.2, 0.25) is 0 Å². The van der Waals surface area contributed by atoms with Crippen LogP contribution in [0.2, 0.25) is 0 Å². The Balaban J connectivity index is 2.25. The Morgan fingerprint density at radius 1 is 1.00 bits per heavy atom. The smallest absolute Gasteiger partial charge is 0.420 e. The largest absolute Gasteiger partial charge is 0.494 e. The molecule has 3 nitrogen and oxygen atoms in total. The average molecular weight is 496 g/mol. The van der Waals surface area contributed by atoms with Crippen LogP contribution in [-0.4, -0.2) is 13.2 Å².